The van der Waals surface area contributed by atoms with E-state index in [1.807, 2.05) is 23.5 Å². The van der Waals surface area contributed by atoms with Crippen LogP contribution < -0.4 is 9.80 Å². The minimum atomic E-state index is 1.07. The zero-order chi connectivity index (χ0) is 29.9. The zero-order valence-electron chi connectivity index (χ0n) is 26.5. The molecule has 0 saturated carbocycles. The summed E-state index contributed by atoms with van der Waals surface area (Å²) >= 11 is 3.96. The molecular formula is C40H46N2S2. The van der Waals surface area contributed by atoms with Crippen LogP contribution >= 0.6 is 23.5 Å². The standard InChI is InChI=1S/C40H46N2S2/c1-3-5-7-9-23-41-33-19-15-29-11-13-31-17-21-35-39(27-31)44-40-28-32(18-22-36(40)42(35)24-10-8-6-4-2)14-12-30-16-20-34(41)38(26-30)43-37(33)25-29/h15-22,25-28H,3-14,23-24H2,1-2H3. The summed E-state index contributed by atoms with van der Waals surface area (Å²) in [5.74, 6) is 0. The molecule has 0 N–H and O–H groups in total. The number of rotatable bonds is 10. The molecule has 2 nitrogen and oxygen atoms in total. The van der Waals surface area contributed by atoms with Crippen molar-refractivity contribution in [3.05, 3.63) is 95.1 Å². The zero-order valence-corrected chi connectivity index (χ0v) is 28.2. The molecule has 4 aromatic carbocycles. The van der Waals surface area contributed by atoms with E-state index in [0.29, 0.717) is 0 Å². The van der Waals surface area contributed by atoms with Gasteiger partial charge in [-0.05, 0) is 109 Å². The first-order valence-electron chi connectivity index (χ1n) is 17.1. The number of hydrogen-bond acceptors (Lipinski definition) is 4. The van der Waals surface area contributed by atoms with E-state index in [4.69, 9.17) is 0 Å². The van der Waals surface area contributed by atoms with E-state index in [1.54, 1.807) is 0 Å². The largest absolute Gasteiger partial charge is 0.340 e. The highest BCUT2D eigenvalue weighted by Crippen LogP contribution is 2.51. The minimum Gasteiger partial charge on any atom is -0.340 e. The Morgan fingerprint density at radius 3 is 1.05 bits per heavy atom. The molecule has 0 aliphatic carbocycles. The molecule has 3 aliphatic rings. The summed E-state index contributed by atoms with van der Waals surface area (Å²) in [6.45, 7) is 6.79. The molecule has 4 aromatic rings. The van der Waals surface area contributed by atoms with Crippen molar-refractivity contribution in [1.82, 2.24) is 0 Å². The van der Waals surface area contributed by atoms with Crippen molar-refractivity contribution in [2.75, 3.05) is 22.9 Å². The maximum absolute atomic E-state index is 2.61. The van der Waals surface area contributed by atoms with Gasteiger partial charge in [-0.15, -0.1) is 0 Å². The van der Waals surface area contributed by atoms with Gasteiger partial charge in [0.15, 0.2) is 0 Å². The highest BCUT2D eigenvalue weighted by Gasteiger charge is 2.26. The first kappa shape index (κ1) is 29.9. The Morgan fingerprint density at radius 1 is 0.432 bits per heavy atom. The summed E-state index contributed by atoms with van der Waals surface area (Å²) in [7, 11) is 0. The molecule has 0 unspecified atom stereocenters. The lowest BCUT2D eigenvalue weighted by Crippen LogP contribution is -2.22. The van der Waals surface area contributed by atoms with Gasteiger partial charge in [0.2, 0.25) is 0 Å². The predicted molar refractivity (Wildman–Crippen MR) is 191 cm³/mol. The van der Waals surface area contributed by atoms with Gasteiger partial charge in [-0.2, -0.15) is 0 Å². The van der Waals surface area contributed by atoms with Crippen LogP contribution in [0.4, 0.5) is 22.7 Å². The molecule has 3 aliphatic heterocycles. The molecule has 0 saturated heterocycles. The van der Waals surface area contributed by atoms with Crippen LogP contribution in [0.5, 0.6) is 0 Å². The van der Waals surface area contributed by atoms with Gasteiger partial charge in [-0.1, -0.05) is 100 Å². The lowest BCUT2D eigenvalue weighted by Gasteiger charge is -2.34. The number of nitrogens with zero attached hydrogens (tertiary/aromatic N) is 2. The first-order chi connectivity index (χ1) is 21.7. The molecule has 0 radical (unpaired) electrons. The van der Waals surface area contributed by atoms with E-state index >= 15 is 0 Å². The Bertz CT molecular complexity index is 1400. The SMILES string of the molecule is CCCCCCN1c2ccc3cc2Sc2cc(ccc21)CCc1ccc2c(c1)Sc1cc(ccc1N2CCCCCC)CC3. The highest BCUT2D eigenvalue weighted by atomic mass is 32.2. The van der Waals surface area contributed by atoms with Gasteiger partial charge in [-0.3, -0.25) is 0 Å². The topological polar surface area (TPSA) is 6.48 Å². The van der Waals surface area contributed by atoms with Crippen molar-refractivity contribution < 1.29 is 0 Å². The Labute approximate surface area is 273 Å². The maximum atomic E-state index is 2.61. The van der Waals surface area contributed by atoms with E-state index < -0.39 is 0 Å². The molecule has 0 aromatic heterocycles. The average Bonchev–Trinajstić information content (AvgIpc) is 3.05. The van der Waals surface area contributed by atoms with Crippen molar-refractivity contribution in [1.29, 1.82) is 0 Å². The lowest BCUT2D eigenvalue weighted by atomic mass is 10.0. The quantitative estimate of drug-likeness (QED) is 0.163. The molecule has 4 heteroatoms. The van der Waals surface area contributed by atoms with E-state index in [-0.39, 0.29) is 0 Å². The second-order valence-electron chi connectivity index (χ2n) is 12.8. The van der Waals surface area contributed by atoms with Crippen molar-refractivity contribution >= 4 is 46.3 Å². The number of fused-ring (bicyclic) bond motifs is 4. The van der Waals surface area contributed by atoms with E-state index in [9.17, 15) is 0 Å². The summed E-state index contributed by atoms with van der Waals surface area (Å²) < 4.78 is 0. The monoisotopic (exact) mass is 618 g/mol. The third-order valence-corrected chi connectivity index (χ3v) is 11.8. The van der Waals surface area contributed by atoms with Gasteiger partial charge in [0, 0.05) is 32.7 Å². The van der Waals surface area contributed by atoms with Gasteiger partial charge < -0.3 is 9.80 Å². The number of benzene rings is 4. The predicted octanol–water partition coefficient (Wildman–Crippen LogP) is 11.9. The molecule has 3 heterocycles. The van der Waals surface area contributed by atoms with Crippen molar-refractivity contribution in [2.45, 2.75) is 110 Å². The number of anilines is 4. The van der Waals surface area contributed by atoms with E-state index in [2.05, 4.69) is 96.4 Å². The van der Waals surface area contributed by atoms with Crippen LogP contribution in [0, 0.1) is 0 Å². The maximum Gasteiger partial charge on any atom is 0.0553 e. The van der Waals surface area contributed by atoms with E-state index in [1.165, 1.54) is 116 Å². The molecule has 44 heavy (non-hydrogen) atoms. The fraction of sp³-hybridized carbons (Fsp3) is 0.400. The van der Waals surface area contributed by atoms with Crippen LogP contribution in [-0.2, 0) is 25.7 Å². The van der Waals surface area contributed by atoms with Gasteiger partial charge in [0.25, 0.3) is 0 Å². The normalized spacial score (nSPS) is 14.9. The molecule has 0 amide bonds. The summed E-state index contributed by atoms with van der Waals surface area (Å²) in [5.41, 5.74) is 11.3. The third-order valence-electron chi connectivity index (χ3n) is 9.58. The fourth-order valence-corrected chi connectivity index (χ4v) is 9.47. The van der Waals surface area contributed by atoms with Crippen LogP contribution in [0.15, 0.2) is 92.4 Å². The van der Waals surface area contributed by atoms with Crippen molar-refractivity contribution in [3.63, 3.8) is 0 Å². The average molecular weight is 619 g/mol. The highest BCUT2D eigenvalue weighted by molar-refractivity contribution is 8.00. The molecule has 7 rings (SSSR count). The number of hydrogen-bond donors (Lipinski definition) is 0. The lowest BCUT2D eigenvalue weighted by molar-refractivity contribution is 0.665. The molecule has 0 atom stereocenters. The van der Waals surface area contributed by atoms with Crippen LogP contribution in [0.3, 0.4) is 0 Å². The summed E-state index contributed by atoms with van der Waals surface area (Å²) in [6.07, 6.45) is 14.6. The molecule has 0 fully saturated rings. The Hall–Kier alpha value is -2.82. The molecule has 228 valence electrons. The Kier molecular flexibility index (Phi) is 9.28. The summed E-state index contributed by atoms with van der Waals surface area (Å²) in [4.78, 5) is 10.9. The second-order valence-corrected chi connectivity index (χ2v) is 15.0. The fourth-order valence-electron chi connectivity index (χ4n) is 7.02. The summed E-state index contributed by atoms with van der Waals surface area (Å²) in [6, 6.07) is 29.1. The number of aryl methyl sites for hydroxylation is 4. The van der Waals surface area contributed by atoms with Gasteiger partial charge in [-0.25, -0.2) is 0 Å². The van der Waals surface area contributed by atoms with Crippen LogP contribution in [-0.4, -0.2) is 13.1 Å². The number of unbranched alkanes of at least 4 members (excludes halogenated alkanes) is 6. The first-order valence-corrected chi connectivity index (χ1v) is 18.8. The van der Waals surface area contributed by atoms with Crippen molar-refractivity contribution in [3.8, 4) is 0 Å². The Balaban J connectivity index is 1.24. The third kappa shape index (κ3) is 6.30. The molecular weight excluding hydrogens is 573 g/mol. The van der Waals surface area contributed by atoms with Gasteiger partial charge in [0.05, 0.1) is 22.7 Å². The summed E-state index contributed by atoms with van der Waals surface area (Å²) in [5, 5.41) is 0. The molecule has 8 bridgehead atoms. The van der Waals surface area contributed by atoms with E-state index in [0.717, 1.165) is 38.8 Å². The van der Waals surface area contributed by atoms with Gasteiger partial charge >= 0.3 is 0 Å². The molecule has 0 spiro atoms. The minimum absolute atomic E-state index is 1.07. The smallest absolute Gasteiger partial charge is 0.0553 e. The van der Waals surface area contributed by atoms with Crippen LogP contribution in [0.2, 0.25) is 0 Å². The van der Waals surface area contributed by atoms with Crippen molar-refractivity contribution in [2.24, 2.45) is 0 Å². The van der Waals surface area contributed by atoms with Crippen LogP contribution in [0.25, 0.3) is 0 Å². The Morgan fingerprint density at radius 2 is 0.750 bits per heavy atom. The van der Waals surface area contributed by atoms with Gasteiger partial charge in [0.1, 0.15) is 0 Å². The second kappa shape index (κ2) is 13.7. The van der Waals surface area contributed by atoms with Crippen LogP contribution in [0.1, 0.15) is 87.5 Å².